The molecule has 0 atom stereocenters. The van der Waals surface area contributed by atoms with Crippen LogP contribution in [0.5, 0.6) is 0 Å². The fourth-order valence-electron chi connectivity index (χ4n) is 2.99. The maximum absolute atomic E-state index is 5.94. The summed E-state index contributed by atoms with van der Waals surface area (Å²) in [6.45, 7) is 13.1. The van der Waals surface area contributed by atoms with Crippen LogP contribution in [-0.2, 0) is 21.4 Å². The fraction of sp³-hybridized carbons (Fsp3) is 0.800. The molecular formula is C20H36N4O3. The average molecular weight is 381 g/mol. The Kier molecular flexibility index (Phi) is 8.57. The first-order chi connectivity index (χ1) is 12.9. The van der Waals surface area contributed by atoms with Gasteiger partial charge in [0.25, 0.3) is 0 Å². The van der Waals surface area contributed by atoms with Crippen LogP contribution in [-0.4, -0.2) is 61.9 Å². The van der Waals surface area contributed by atoms with E-state index in [1.807, 2.05) is 6.20 Å². The number of likely N-dealkylation sites (tertiary alicyclic amines) is 1. The van der Waals surface area contributed by atoms with Crippen molar-refractivity contribution < 1.29 is 13.9 Å². The lowest BCUT2D eigenvalue weighted by Crippen LogP contribution is -2.47. The summed E-state index contributed by atoms with van der Waals surface area (Å²) in [5, 5.41) is 3.38. The monoisotopic (exact) mass is 380 g/mol. The Bertz CT molecular complexity index is 572. The van der Waals surface area contributed by atoms with E-state index in [0.29, 0.717) is 18.5 Å². The molecule has 0 aromatic carbocycles. The highest BCUT2D eigenvalue weighted by molar-refractivity contribution is 5.80. The number of guanidine groups is 1. The lowest BCUT2D eigenvalue weighted by Gasteiger charge is -2.34. The minimum Gasteiger partial charge on any atom is -0.443 e. The highest BCUT2D eigenvalue weighted by Gasteiger charge is 2.22. The molecule has 154 valence electrons. The number of oxazole rings is 1. The standard InChI is InChI=1S/C20H36N4O3/c1-6-21-19(23-15-18-22-14-17(27-18)20(2,3)4)24-10-8-16(9-11-24)26-13-7-12-25-5/h14,16H,6-13,15H2,1-5H3,(H,21,23). The Morgan fingerprint density at radius 2 is 2.07 bits per heavy atom. The van der Waals surface area contributed by atoms with Gasteiger partial charge in [0.1, 0.15) is 12.3 Å². The topological polar surface area (TPSA) is 72.1 Å². The average Bonchev–Trinajstić information content (AvgIpc) is 3.12. The Labute approximate surface area is 163 Å². The number of nitrogens with zero attached hydrogens (tertiary/aromatic N) is 3. The predicted octanol–water partition coefficient (Wildman–Crippen LogP) is 2.96. The summed E-state index contributed by atoms with van der Waals surface area (Å²) in [7, 11) is 1.72. The fourth-order valence-corrected chi connectivity index (χ4v) is 2.99. The molecule has 0 bridgehead atoms. The first-order valence-electron chi connectivity index (χ1n) is 10.0. The summed E-state index contributed by atoms with van der Waals surface area (Å²) in [6.07, 6.45) is 5.13. The van der Waals surface area contributed by atoms with Crippen LogP contribution in [0.15, 0.2) is 15.6 Å². The lowest BCUT2D eigenvalue weighted by molar-refractivity contribution is 0.00989. The van der Waals surface area contributed by atoms with Crippen LogP contribution in [0, 0.1) is 0 Å². The van der Waals surface area contributed by atoms with Gasteiger partial charge in [-0.05, 0) is 26.2 Å². The minimum atomic E-state index is -0.0371. The number of aliphatic imine (C=N–C) groups is 1. The van der Waals surface area contributed by atoms with Crippen molar-refractivity contribution >= 4 is 5.96 Å². The van der Waals surface area contributed by atoms with E-state index < -0.39 is 0 Å². The number of hydrogen-bond acceptors (Lipinski definition) is 5. The molecular weight excluding hydrogens is 344 g/mol. The number of aromatic nitrogens is 1. The van der Waals surface area contributed by atoms with Gasteiger partial charge in [-0.25, -0.2) is 9.98 Å². The summed E-state index contributed by atoms with van der Waals surface area (Å²) in [6, 6.07) is 0. The summed E-state index contributed by atoms with van der Waals surface area (Å²) in [4.78, 5) is 11.4. The third-order valence-corrected chi connectivity index (χ3v) is 4.58. The molecule has 0 aliphatic carbocycles. The molecule has 0 spiro atoms. The molecule has 1 aliphatic rings. The first kappa shape index (κ1) is 21.7. The highest BCUT2D eigenvalue weighted by atomic mass is 16.5. The maximum atomic E-state index is 5.94. The van der Waals surface area contributed by atoms with E-state index in [9.17, 15) is 0 Å². The second-order valence-corrected chi connectivity index (χ2v) is 7.94. The van der Waals surface area contributed by atoms with Gasteiger partial charge in [-0.3, -0.25) is 0 Å². The molecule has 1 N–H and O–H groups in total. The van der Waals surface area contributed by atoms with Gasteiger partial charge in [-0.2, -0.15) is 0 Å². The molecule has 0 unspecified atom stereocenters. The van der Waals surface area contributed by atoms with E-state index in [1.165, 1.54) is 0 Å². The molecule has 0 radical (unpaired) electrons. The molecule has 1 aromatic heterocycles. The maximum Gasteiger partial charge on any atom is 0.216 e. The summed E-state index contributed by atoms with van der Waals surface area (Å²) < 4.78 is 16.9. The molecule has 1 aromatic rings. The lowest BCUT2D eigenvalue weighted by atomic mass is 9.94. The van der Waals surface area contributed by atoms with Crippen molar-refractivity contribution in [3.8, 4) is 0 Å². The molecule has 1 fully saturated rings. The molecule has 7 nitrogen and oxygen atoms in total. The second kappa shape index (κ2) is 10.7. The number of hydrogen-bond donors (Lipinski definition) is 1. The van der Waals surface area contributed by atoms with Gasteiger partial charge in [-0.15, -0.1) is 0 Å². The molecule has 7 heteroatoms. The van der Waals surface area contributed by atoms with Crippen molar-refractivity contribution in [3.63, 3.8) is 0 Å². The molecule has 2 rings (SSSR count). The first-order valence-corrected chi connectivity index (χ1v) is 10.0. The predicted molar refractivity (Wildman–Crippen MR) is 107 cm³/mol. The van der Waals surface area contributed by atoms with Gasteiger partial charge in [0.15, 0.2) is 5.96 Å². The zero-order chi connectivity index (χ0) is 19.7. The van der Waals surface area contributed by atoms with Crippen molar-refractivity contribution in [3.05, 3.63) is 17.8 Å². The van der Waals surface area contributed by atoms with Crippen LogP contribution in [0.25, 0.3) is 0 Å². The quantitative estimate of drug-likeness (QED) is 0.425. The second-order valence-electron chi connectivity index (χ2n) is 7.94. The Morgan fingerprint density at radius 1 is 1.33 bits per heavy atom. The molecule has 0 amide bonds. The third-order valence-electron chi connectivity index (χ3n) is 4.58. The van der Waals surface area contributed by atoms with Crippen molar-refractivity contribution in [1.29, 1.82) is 0 Å². The van der Waals surface area contributed by atoms with E-state index in [2.05, 4.69) is 42.9 Å². The smallest absolute Gasteiger partial charge is 0.216 e. The van der Waals surface area contributed by atoms with E-state index in [1.54, 1.807) is 7.11 Å². The van der Waals surface area contributed by atoms with Gasteiger partial charge in [0, 0.05) is 45.4 Å². The molecule has 0 saturated carbocycles. The van der Waals surface area contributed by atoms with Gasteiger partial charge in [0.05, 0.1) is 12.3 Å². The zero-order valence-electron chi connectivity index (χ0n) is 17.6. The van der Waals surface area contributed by atoms with Crippen LogP contribution in [0.4, 0.5) is 0 Å². The largest absolute Gasteiger partial charge is 0.443 e. The van der Waals surface area contributed by atoms with Crippen molar-refractivity contribution in [2.45, 2.75) is 65.0 Å². The Balaban J connectivity index is 1.86. The number of rotatable bonds is 8. The van der Waals surface area contributed by atoms with E-state index in [4.69, 9.17) is 18.9 Å². The van der Waals surface area contributed by atoms with Crippen molar-refractivity contribution in [2.24, 2.45) is 4.99 Å². The Hall–Kier alpha value is -1.60. The van der Waals surface area contributed by atoms with E-state index in [0.717, 1.165) is 63.8 Å². The normalized spacial score (nSPS) is 16.8. The number of ether oxygens (including phenoxy) is 2. The Morgan fingerprint density at radius 3 is 2.67 bits per heavy atom. The number of methoxy groups -OCH3 is 1. The van der Waals surface area contributed by atoms with Crippen LogP contribution in [0.1, 0.15) is 58.6 Å². The van der Waals surface area contributed by atoms with Crippen molar-refractivity contribution in [2.75, 3.05) is 40.0 Å². The molecule has 1 aliphatic heterocycles. The SMILES string of the molecule is CCNC(=NCc1ncc(C(C)(C)C)o1)N1CCC(OCCCOC)CC1. The zero-order valence-corrected chi connectivity index (χ0v) is 17.6. The van der Waals surface area contributed by atoms with Gasteiger partial charge >= 0.3 is 0 Å². The van der Waals surface area contributed by atoms with Gasteiger partial charge in [0.2, 0.25) is 5.89 Å². The van der Waals surface area contributed by atoms with Crippen LogP contribution >= 0.6 is 0 Å². The summed E-state index contributed by atoms with van der Waals surface area (Å²) in [5.41, 5.74) is -0.0371. The van der Waals surface area contributed by atoms with Gasteiger partial charge in [-0.1, -0.05) is 20.8 Å². The van der Waals surface area contributed by atoms with Crippen LogP contribution < -0.4 is 5.32 Å². The summed E-state index contributed by atoms with van der Waals surface area (Å²) in [5.74, 6) is 2.47. The van der Waals surface area contributed by atoms with E-state index >= 15 is 0 Å². The molecule has 2 heterocycles. The number of nitrogens with one attached hydrogen (secondary N) is 1. The molecule has 27 heavy (non-hydrogen) atoms. The number of piperidine rings is 1. The highest BCUT2D eigenvalue weighted by Crippen LogP contribution is 2.23. The molecule has 1 saturated heterocycles. The third kappa shape index (κ3) is 7.14. The van der Waals surface area contributed by atoms with Crippen LogP contribution in [0.3, 0.4) is 0 Å². The van der Waals surface area contributed by atoms with Gasteiger partial charge < -0.3 is 24.1 Å². The van der Waals surface area contributed by atoms with Crippen molar-refractivity contribution in [1.82, 2.24) is 15.2 Å². The van der Waals surface area contributed by atoms with E-state index in [-0.39, 0.29) is 5.41 Å². The minimum absolute atomic E-state index is 0.0371. The van der Waals surface area contributed by atoms with Crippen LogP contribution in [0.2, 0.25) is 0 Å². The summed E-state index contributed by atoms with van der Waals surface area (Å²) >= 11 is 0.